The Morgan fingerprint density at radius 2 is 2.16 bits per heavy atom. The second kappa shape index (κ2) is 6.38. The zero-order chi connectivity index (χ0) is 13.8. The van der Waals surface area contributed by atoms with Crippen LogP contribution in [0.3, 0.4) is 0 Å². The van der Waals surface area contributed by atoms with Crippen LogP contribution in [0.2, 0.25) is 0 Å². The van der Waals surface area contributed by atoms with E-state index in [1.807, 2.05) is 14.0 Å². The van der Waals surface area contributed by atoms with E-state index >= 15 is 0 Å². The fourth-order valence-corrected chi connectivity index (χ4v) is 2.91. The summed E-state index contributed by atoms with van der Waals surface area (Å²) >= 11 is 0. The molecular weight excluding hydrogens is 241 g/mol. The van der Waals surface area contributed by atoms with Crippen LogP contribution >= 0.6 is 0 Å². The summed E-state index contributed by atoms with van der Waals surface area (Å²) in [7, 11) is 1.96. The van der Waals surface area contributed by atoms with Gasteiger partial charge in [0.15, 0.2) is 11.6 Å². The van der Waals surface area contributed by atoms with Crippen molar-refractivity contribution >= 4 is 0 Å². The van der Waals surface area contributed by atoms with E-state index in [0.717, 1.165) is 18.4 Å². The lowest BCUT2D eigenvalue weighted by Gasteiger charge is -2.36. The van der Waals surface area contributed by atoms with Crippen LogP contribution in [0, 0.1) is 18.7 Å². The molecule has 1 aromatic rings. The molecule has 2 rings (SSSR count). The first-order chi connectivity index (χ1) is 9.13. The van der Waals surface area contributed by atoms with E-state index in [0.29, 0.717) is 17.7 Å². The van der Waals surface area contributed by atoms with Crippen molar-refractivity contribution in [3.05, 3.63) is 29.6 Å². The molecule has 3 atom stereocenters. The molecule has 0 amide bonds. The average Bonchev–Trinajstić information content (AvgIpc) is 2.42. The molecule has 0 heterocycles. The predicted octanol–water partition coefficient (Wildman–Crippen LogP) is 3.68. The van der Waals surface area contributed by atoms with Crippen LogP contribution in [-0.4, -0.2) is 19.2 Å². The Morgan fingerprint density at radius 3 is 2.84 bits per heavy atom. The highest BCUT2D eigenvalue weighted by molar-refractivity contribution is 5.29. The molecule has 0 aromatic heterocycles. The predicted molar refractivity (Wildman–Crippen MR) is 76.0 cm³/mol. The van der Waals surface area contributed by atoms with Gasteiger partial charge in [-0.25, -0.2) is 4.39 Å². The summed E-state index contributed by atoms with van der Waals surface area (Å²) in [6.45, 7) is 4.17. The Labute approximate surface area is 115 Å². The van der Waals surface area contributed by atoms with Crippen LogP contribution in [0.25, 0.3) is 0 Å². The fraction of sp³-hybridized carbons (Fsp3) is 0.625. The lowest BCUT2D eigenvalue weighted by molar-refractivity contribution is 0.0845. The summed E-state index contributed by atoms with van der Waals surface area (Å²) in [5.41, 5.74) is 1.03. The van der Waals surface area contributed by atoms with Crippen LogP contribution in [0.1, 0.15) is 38.2 Å². The number of hydrogen-bond acceptors (Lipinski definition) is 2. The number of nitrogens with one attached hydrogen (secondary N) is 1. The number of aryl methyl sites for hydroxylation is 1. The highest BCUT2D eigenvalue weighted by Gasteiger charge is 2.30. The summed E-state index contributed by atoms with van der Waals surface area (Å²) in [6.07, 6.45) is 4.59. The minimum Gasteiger partial charge on any atom is -0.486 e. The monoisotopic (exact) mass is 265 g/mol. The van der Waals surface area contributed by atoms with Crippen molar-refractivity contribution in [3.63, 3.8) is 0 Å². The number of halogens is 1. The smallest absolute Gasteiger partial charge is 0.165 e. The Kier molecular flexibility index (Phi) is 4.81. The molecule has 3 heteroatoms. The van der Waals surface area contributed by atoms with Gasteiger partial charge in [0.1, 0.15) is 6.10 Å². The highest BCUT2D eigenvalue weighted by Crippen LogP contribution is 2.31. The van der Waals surface area contributed by atoms with Crippen LogP contribution in [0.4, 0.5) is 4.39 Å². The Balaban J connectivity index is 2.11. The maximum Gasteiger partial charge on any atom is 0.165 e. The molecule has 3 unspecified atom stereocenters. The highest BCUT2D eigenvalue weighted by atomic mass is 19.1. The zero-order valence-corrected chi connectivity index (χ0v) is 12.1. The summed E-state index contributed by atoms with van der Waals surface area (Å²) < 4.78 is 19.8. The van der Waals surface area contributed by atoms with E-state index in [9.17, 15) is 4.39 Å². The summed E-state index contributed by atoms with van der Waals surface area (Å²) in [5.74, 6) is 0.823. The van der Waals surface area contributed by atoms with E-state index < -0.39 is 0 Å². The van der Waals surface area contributed by atoms with Crippen molar-refractivity contribution in [2.75, 3.05) is 7.05 Å². The lowest BCUT2D eigenvalue weighted by atomic mass is 9.82. The Bertz CT molecular complexity index is 421. The standard InChI is InChI=1S/C16H24FNO/c1-4-12-6-8-14(18-3)16(10-12)19-15-9-11(2)5-7-13(15)17/h5,7,9,12,14,16,18H,4,6,8,10H2,1-3H3. The molecule has 19 heavy (non-hydrogen) atoms. The van der Waals surface area contributed by atoms with Gasteiger partial charge in [0.25, 0.3) is 0 Å². The lowest BCUT2D eigenvalue weighted by Crippen LogP contribution is -2.45. The van der Waals surface area contributed by atoms with Crippen molar-refractivity contribution in [1.82, 2.24) is 5.32 Å². The topological polar surface area (TPSA) is 21.3 Å². The zero-order valence-electron chi connectivity index (χ0n) is 12.1. The normalized spacial score (nSPS) is 27.3. The van der Waals surface area contributed by atoms with E-state index in [4.69, 9.17) is 4.74 Å². The van der Waals surface area contributed by atoms with Gasteiger partial charge in [-0.15, -0.1) is 0 Å². The van der Waals surface area contributed by atoms with Gasteiger partial charge in [-0.3, -0.25) is 0 Å². The molecule has 0 bridgehead atoms. The van der Waals surface area contributed by atoms with Crippen molar-refractivity contribution < 1.29 is 9.13 Å². The van der Waals surface area contributed by atoms with Crippen LogP contribution in [0.5, 0.6) is 5.75 Å². The van der Waals surface area contributed by atoms with Gasteiger partial charge in [-0.1, -0.05) is 19.4 Å². The van der Waals surface area contributed by atoms with Crippen molar-refractivity contribution in [2.45, 2.75) is 51.7 Å². The number of benzene rings is 1. The SMILES string of the molecule is CCC1CCC(NC)C(Oc2cc(C)ccc2F)C1. The Hall–Kier alpha value is -1.09. The van der Waals surface area contributed by atoms with Crippen LogP contribution in [0.15, 0.2) is 18.2 Å². The van der Waals surface area contributed by atoms with Gasteiger partial charge in [0.2, 0.25) is 0 Å². The molecule has 1 saturated carbocycles. The average molecular weight is 265 g/mol. The van der Waals surface area contributed by atoms with Gasteiger partial charge in [-0.2, -0.15) is 0 Å². The fourth-order valence-electron chi connectivity index (χ4n) is 2.91. The maximum absolute atomic E-state index is 13.8. The number of rotatable bonds is 4. The second-order valence-corrected chi connectivity index (χ2v) is 5.57. The molecule has 0 saturated heterocycles. The van der Waals surface area contributed by atoms with Gasteiger partial charge >= 0.3 is 0 Å². The molecule has 1 aromatic carbocycles. The van der Waals surface area contributed by atoms with Crippen molar-refractivity contribution in [3.8, 4) is 5.75 Å². The number of likely N-dealkylation sites (N-methyl/N-ethyl adjacent to an activating group) is 1. The van der Waals surface area contributed by atoms with E-state index in [1.165, 1.54) is 18.9 Å². The van der Waals surface area contributed by atoms with Gasteiger partial charge in [0.05, 0.1) is 0 Å². The molecule has 0 radical (unpaired) electrons. The molecule has 1 N–H and O–H groups in total. The minimum absolute atomic E-state index is 0.0694. The summed E-state index contributed by atoms with van der Waals surface area (Å²) in [4.78, 5) is 0. The quantitative estimate of drug-likeness (QED) is 0.896. The largest absolute Gasteiger partial charge is 0.486 e. The van der Waals surface area contributed by atoms with Crippen molar-refractivity contribution in [1.29, 1.82) is 0 Å². The minimum atomic E-state index is -0.265. The van der Waals surface area contributed by atoms with Gasteiger partial charge in [-0.05, 0) is 56.8 Å². The number of ether oxygens (including phenoxy) is 1. The van der Waals surface area contributed by atoms with E-state index in [2.05, 4.69) is 12.2 Å². The second-order valence-electron chi connectivity index (χ2n) is 5.57. The molecular formula is C16H24FNO. The molecule has 106 valence electrons. The third-order valence-electron chi connectivity index (χ3n) is 4.21. The Morgan fingerprint density at radius 1 is 1.37 bits per heavy atom. The molecule has 0 aliphatic heterocycles. The molecule has 1 fully saturated rings. The number of hydrogen-bond donors (Lipinski definition) is 1. The molecule has 2 nitrogen and oxygen atoms in total. The van der Waals surface area contributed by atoms with Crippen molar-refractivity contribution in [2.24, 2.45) is 5.92 Å². The summed E-state index contributed by atoms with van der Waals surface area (Å²) in [5, 5.41) is 3.31. The first kappa shape index (κ1) is 14.3. The third kappa shape index (κ3) is 3.47. The maximum atomic E-state index is 13.8. The van der Waals surface area contributed by atoms with E-state index in [1.54, 1.807) is 12.1 Å². The van der Waals surface area contributed by atoms with Crippen LogP contribution in [-0.2, 0) is 0 Å². The molecule has 0 spiro atoms. The van der Waals surface area contributed by atoms with Crippen LogP contribution < -0.4 is 10.1 Å². The molecule has 1 aliphatic carbocycles. The third-order valence-corrected chi connectivity index (χ3v) is 4.21. The first-order valence-corrected chi connectivity index (χ1v) is 7.24. The molecule has 1 aliphatic rings. The van der Waals surface area contributed by atoms with Gasteiger partial charge < -0.3 is 10.1 Å². The van der Waals surface area contributed by atoms with Gasteiger partial charge in [0, 0.05) is 6.04 Å². The first-order valence-electron chi connectivity index (χ1n) is 7.24. The van der Waals surface area contributed by atoms with E-state index in [-0.39, 0.29) is 11.9 Å². The summed E-state index contributed by atoms with van der Waals surface area (Å²) in [6, 6.07) is 5.37.